The van der Waals surface area contributed by atoms with Gasteiger partial charge in [0.25, 0.3) is 0 Å². The molecule has 0 saturated carbocycles. The van der Waals surface area contributed by atoms with Crippen molar-refractivity contribution in [2.24, 2.45) is 5.73 Å². The molecule has 0 bridgehead atoms. The van der Waals surface area contributed by atoms with E-state index in [0.717, 1.165) is 28.8 Å². The van der Waals surface area contributed by atoms with Gasteiger partial charge < -0.3 is 11.1 Å². The van der Waals surface area contributed by atoms with Crippen molar-refractivity contribution in [3.05, 3.63) is 64.2 Å². The average molecular weight is 308 g/mol. The van der Waals surface area contributed by atoms with E-state index in [1.165, 1.54) is 11.1 Å². The number of hydrogen-bond donors (Lipinski definition) is 2. The monoisotopic (exact) mass is 308 g/mol. The fourth-order valence-corrected chi connectivity index (χ4v) is 3.30. The first-order valence-corrected chi connectivity index (χ1v) is 8.16. The van der Waals surface area contributed by atoms with Gasteiger partial charge in [-0.05, 0) is 55.0 Å². The molecule has 0 fully saturated rings. The van der Waals surface area contributed by atoms with E-state index in [1.807, 2.05) is 26.0 Å². The van der Waals surface area contributed by atoms with E-state index in [2.05, 4.69) is 43.4 Å². The van der Waals surface area contributed by atoms with Gasteiger partial charge in [-0.3, -0.25) is 4.79 Å². The molecule has 1 unspecified atom stereocenters. The fourth-order valence-electron chi connectivity index (χ4n) is 3.30. The summed E-state index contributed by atoms with van der Waals surface area (Å²) in [5.41, 5.74) is 12.5. The highest BCUT2D eigenvalue weighted by molar-refractivity contribution is 6.06. The largest absolute Gasteiger partial charge is 0.325 e. The van der Waals surface area contributed by atoms with E-state index in [1.54, 1.807) is 0 Å². The molecule has 0 aliphatic carbocycles. The van der Waals surface area contributed by atoms with Gasteiger partial charge in [0, 0.05) is 0 Å². The van der Waals surface area contributed by atoms with Gasteiger partial charge in [-0.2, -0.15) is 0 Å². The molecule has 0 aromatic heterocycles. The molecular weight excluding hydrogens is 284 g/mol. The number of nitrogens with one attached hydrogen (secondary N) is 1. The van der Waals surface area contributed by atoms with Crippen molar-refractivity contribution in [3.8, 4) is 0 Å². The fraction of sp³-hybridized carbons (Fsp3) is 0.350. The van der Waals surface area contributed by atoms with Crippen molar-refractivity contribution < 1.29 is 4.79 Å². The van der Waals surface area contributed by atoms with Crippen LogP contribution in [0.5, 0.6) is 0 Å². The molecule has 1 aliphatic heterocycles. The van der Waals surface area contributed by atoms with E-state index < -0.39 is 5.41 Å². The number of aryl methyl sites for hydroxylation is 2. The Morgan fingerprint density at radius 2 is 1.87 bits per heavy atom. The SMILES string of the molecule is CCc1cc(C(N)c2ccccc2C)c2c(c1)C(C)(C)C(=O)N2. The van der Waals surface area contributed by atoms with Crippen molar-refractivity contribution in [2.45, 2.75) is 45.6 Å². The maximum atomic E-state index is 12.4. The van der Waals surface area contributed by atoms with Crippen LogP contribution in [0.15, 0.2) is 36.4 Å². The second-order valence-electron chi connectivity index (χ2n) is 6.87. The molecule has 1 atom stereocenters. The van der Waals surface area contributed by atoms with Crippen LogP contribution >= 0.6 is 0 Å². The minimum atomic E-state index is -0.513. The highest BCUT2D eigenvalue weighted by Crippen LogP contribution is 2.43. The van der Waals surface area contributed by atoms with Crippen LogP contribution in [-0.4, -0.2) is 5.91 Å². The lowest BCUT2D eigenvalue weighted by Gasteiger charge is -2.21. The summed E-state index contributed by atoms with van der Waals surface area (Å²) in [7, 11) is 0. The highest BCUT2D eigenvalue weighted by atomic mass is 16.2. The van der Waals surface area contributed by atoms with Gasteiger partial charge in [-0.25, -0.2) is 0 Å². The molecule has 0 radical (unpaired) electrons. The predicted molar refractivity (Wildman–Crippen MR) is 94.7 cm³/mol. The standard InChI is InChI=1S/C20H24N2O/c1-5-13-10-15(17(21)14-9-7-6-8-12(14)2)18-16(11-13)20(3,4)19(23)22-18/h6-11,17H,5,21H2,1-4H3,(H,22,23). The van der Waals surface area contributed by atoms with Gasteiger partial charge in [-0.1, -0.05) is 43.3 Å². The Balaban J connectivity index is 2.20. The van der Waals surface area contributed by atoms with Gasteiger partial charge in [0.2, 0.25) is 5.91 Å². The van der Waals surface area contributed by atoms with Crippen molar-refractivity contribution in [1.29, 1.82) is 0 Å². The summed E-state index contributed by atoms with van der Waals surface area (Å²) in [6.07, 6.45) is 0.922. The molecule has 2 aromatic rings. The number of rotatable bonds is 3. The Labute approximate surface area is 137 Å². The maximum Gasteiger partial charge on any atom is 0.234 e. The molecule has 1 aliphatic rings. The van der Waals surface area contributed by atoms with Crippen LogP contribution in [0, 0.1) is 6.92 Å². The van der Waals surface area contributed by atoms with Gasteiger partial charge in [0.1, 0.15) is 0 Å². The first-order chi connectivity index (χ1) is 10.9. The van der Waals surface area contributed by atoms with Crippen molar-refractivity contribution in [3.63, 3.8) is 0 Å². The zero-order chi connectivity index (χ0) is 16.8. The second kappa shape index (κ2) is 5.50. The number of carbonyl (C=O) groups is 1. The lowest BCUT2D eigenvalue weighted by Crippen LogP contribution is -2.26. The van der Waals surface area contributed by atoms with Crippen LogP contribution in [0.2, 0.25) is 0 Å². The maximum absolute atomic E-state index is 12.4. The van der Waals surface area contributed by atoms with Gasteiger partial charge in [0.05, 0.1) is 17.1 Å². The van der Waals surface area contributed by atoms with Gasteiger partial charge in [-0.15, -0.1) is 0 Å². The molecule has 1 heterocycles. The third kappa shape index (κ3) is 2.45. The van der Waals surface area contributed by atoms with E-state index in [0.29, 0.717) is 0 Å². The Bertz CT molecular complexity index is 777. The molecule has 2 aromatic carbocycles. The van der Waals surface area contributed by atoms with Crippen molar-refractivity contribution >= 4 is 11.6 Å². The molecular formula is C20H24N2O. The number of benzene rings is 2. The molecule has 23 heavy (non-hydrogen) atoms. The molecule has 3 rings (SSSR count). The summed E-state index contributed by atoms with van der Waals surface area (Å²) in [5, 5.41) is 3.06. The lowest BCUT2D eigenvalue weighted by atomic mass is 9.82. The molecule has 0 saturated heterocycles. The first-order valence-electron chi connectivity index (χ1n) is 8.16. The minimum Gasteiger partial charge on any atom is -0.325 e. The topological polar surface area (TPSA) is 55.1 Å². The Morgan fingerprint density at radius 3 is 2.52 bits per heavy atom. The summed E-state index contributed by atoms with van der Waals surface area (Å²) in [6, 6.07) is 12.2. The summed E-state index contributed by atoms with van der Waals surface area (Å²) in [5.74, 6) is 0.0407. The van der Waals surface area contributed by atoms with Crippen LogP contribution in [0.25, 0.3) is 0 Å². The molecule has 3 heteroatoms. The Morgan fingerprint density at radius 1 is 1.17 bits per heavy atom. The number of carbonyl (C=O) groups excluding carboxylic acids is 1. The summed E-state index contributed by atoms with van der Waals surface area (Å²) < 4.78 is 0. The number of nitrogens with two attached hydrogens (primary N) is 1. The molecule has 0 spiro atoms. The smallest absolute Gasteiger partial charge is 0.234 e. The first kappa shape index (κ1) is 15.8. The lowest BCUT2D eigenvalue weighted by molar-refractivity contribution is -0.119. The van der Waals surface area contributed by atoms with Gasteiger partial charge >= 0.3 is 0 Å². The quantitative estimate of drug-likeness (QED) is 0.905. The normalized spacial score (nSPS) is 16.8. The molecule has 120 valence electrons. The van der Waals surface area contributed by atoms with Crippen molar-refractivity contribution in [1.82, 2.24) is 0 Å². The van der Waals surface area contributed by atoms with E-state index in [9.17, 15) is 4.79 Å². The number of hydrogen-bond acceptors (Lipinski definition) is 2. The van der Waals surface area contributed by atoms with E-state index in [-0.39, 0.29) is 11.9 Å². The third-order valence-electron chi connectivity index (χ3n) is 4.98. The molecule has 3 N–H and O–H groups in total. The predicted octanol–water partition coefficient (Wildman–Crippen LogP) is 3.84. The van der Waals surface area contributed by atoms with Crippen LogP contribution in [0.4, 0.5) is 5.69 Å². The molecule has 1 amide bonds. The zero-order valence-electron chi connectivity index (χ0n) is 14.2. The highest BCUT2D eigenvalue weighted by Gasteiger charge is 2.40. The van der Waals surface area contributed by atoms with Crippen LogP contribution in [-0.2, 0) is 16.6 Å². The van der Waals surface area contributed by atoms with E-state index in [4.69, 9.17) is 5.73 Å². The van der Waals surface area contributed by atoms with E-state index >= 15 is 0 Å². The Kier molecular flexibility index (Phi) is 3.77. The second-order valence-corrected chi connectivity index (χ2v) is 6.87. The van der Waals surface area contributed by atoms with Crippen LogP contribution < -0.4 is 11.1 Å². The van der Waals surface area contributed by atoms with Crippen LogP contribution in [0.1, 0.15) is 54.6 Å². The summed E-state index contributed by atoms with van der Waals surface area (Å²) in [4.78, 5) is 12.4. The summed E-state index contributed by atoms with van der Waals surface area (Å²) in [6.45, 7) is 8.14. The Hall–Kier alpha value is -2.13. The zero-order valence-corrected chi connectivity index (χ0v) is 14.2. The number of amides is 1. The van der Waals surface area contributed by atoms with Gasteiger partial charge in [0.15, 0.2) is 0 Å². The van der Waals surface area contributed by atoms with Crippen LogP contribution in [0.3, 0.4) is 0 Å². The summed E-state index contributed by atoms with van der Waals surface area (Å²) >= 11 is 0. The number of anilines is 1. The number of fused-ring (bicyclic) bond motifs is 1. The molecule has 3 nitrogen and oxygen atoms in total. The minimum absolute atomic E-state index is 0.0407. The average Bonchev–Trinajstić information content (AvgIpc) is 2.76. The van der Waals surface area contributed by atoms with Crippen molar-refractivity contribution in [2.75, 3.05) is 5.32 Å². The third-order valence-corrected chi connectivity index (χ3v) is 4.98.